The highest BCUT2D eigenvalue weighted by atomic mass is 16.5. The van der Waals surface area contributed by atoms with Crippen LogP contribution in [0.5, 0.6) is 0 Å². The first-order valence-corrected chi connectivity index (χ1v) is 8.39. The summed E-state index contributed by atoms with van der Waals surface area (Å²) in [5.74, 6) is 0. The summed E-state index contributed by atoms with van der Waals surface area (Å²) in [4.78, 5) is 0. The maximum absolute atomic E-state index is 10.2. The van der Waals surface area contributed by atoms with E-state index in [0.717, 1.165) is 16.3 Å². The number of hydrogen-bond donors (Lipinski definition) is 4. The molecule has 4 rings (SSSR count). The zero-order valence-corrected chi connectivity index (χ0v) is 13.9. The van der Waals surface area contributed by atoms with Gasteiger partial charge in [0.1, 0.15) is 30.1 Å². The highest BCUT2D eigenvalue weighted by molar-refractivity contribution is 5.86. The van der Waals surface area contributed by atoms with Gasteiger partial charge in [0.15, 0.2) is 6.23 Å². The van der Waals surface area contributed by atoms with Crippen LogP contribution in [-0.2, 0) is 4.74 Å². The lowest BCUT2D eigenvalue weighted by Gasteiger charge is -2.39. The molecule has 1 fully saturated rings. The first kappa shape index (κ1) is 17.1. The Morgan fingerprint density at radius 3 is 2.54 bits per heavy atom. The molecular formula is C18H20N4O4. The summed E-state index contributed by atoms with van der Waals surface area (Å²) in [5, 5.41) is 40.5. The number of aliphatic hydroxyl groups is 3. The van der Waals surface area contributed by atoms with Crippen molar-refractivity contribution < 1.29 is 20.1 Å². The van der Waals surface area contributed by atoms with Gasteiger partial charge in [0.25, 0.3) is 0 Å². The number of nitrogens with zero attached hydrogens (tertiary/aromatic N) is 3. The van der Waals surface area contributed by atoms with Gasteiger partial charge in [-0.15, -0.1) is 5.10 Å². The molecule has 0 saturated carbocycles. The number of benzene rings is 2. The smallest absolute Gasteiger partial charge is 0.180 e. The highest BCUT2D eigenvalue weighted by Crippen LogP contribution is 2.29. The molecule has 1 saturated heterocycles. The van der Waals surface area contributed by atoms with Crippen molar-refractivity contribution in [3.63, 3.8) is 0 Å². The average Bonchev–Trinajstić information content (AvgIpc) is 3.16. The molecule has 1 aliphatic rings. The zero-order valence-electron chi connectivity index (χ0n) is 13.9. The normalized spacial score (nSPS) is 29.2. The first-order valence-electron chi connectivity index (χ1n) is 8.39. The van der Waals surface area contributed by atoms with Gasteiger partial charge in [0.2, 0.25) is 0 Å². The molecule has 5 atom stereocenters. The van der Waals surface area contributed by atoms with Gasteiger partial charge >= 0.3 is 0 Å². The van der Waals surface area contributed by atoms with Crippen LogP contribution in [0.2, 0.25) is 0 Å². The van der Waals surface area contributed by atoms with Gasteiger partial charge < -0.3 is 25.8 Å². The number of fused-ring (bicyclic) bond motifs is 1. The maximum Gasteiger partial charge on any atom is 0.180 e. The van der Waals surface area contributed by atoms with Crippen LogP contribution < -0.4 is 5.73 Å². The fourth-order valence-corrected chi connectivity index (χ4v) is 3.23. The van der Waals surface area contributed by atoms with Crippen molar-refractivity contribution in [2.45, 2.75) is 30.6 Å². The van der Waals surface area contributed by atoms with E-state index in [0.29, 0.717) is 5.69 Å². The molecule has 8 nitrogen and oxygen atoms in total. The van der Waals surface area contributed by atoms with Crippen LogP contribution in [0.4, 0.5) is 0 Å². The average molecular weight is 356 g/mol. The summed E-state index contributed by atoms with van der Waals surface area (Å²) >= 11 is 0. The third kappa shape index (κ3) is 2.87. The van der Waals surface area contributed by atoms with Gasteiger partial charge in [-0.3, -0.25) is 0 Å². The van der Waals surface area contributed by atoms with E-state index in [1.54, 1.807) is 6.20 Å². The summed E-state index contributed by atoms with van der Waals surface area (Å²) in [6.45, 7) is 0.00761. The molecule has 2 heterocycles. The molecule has 136 valence electrons. The summed E-state index contributed by atoms with van der Waals surface area (Å²) in [6, 6.07) is 13.9. The lowest BCUT2D eigenvalue weighted by Crippen LogP contribution is -2.57. The fourth-order valence-electron chi connectivity index (χ4n) is 3.23. The molecule has 0 spiro atoms. The third-order valence-corrected chi connectivity index (χ3v) is 4.74. The minimum absolute atomic E-state index is 0.00761. The largest absolute Gasteiger partial charge is 0.388 e. The van der Waals surface area contributed by atoms with Crippen LogP contribution in [0.3, 0.4) is 0 Å². The molecule has 0 radical (unpaired) electrons. The predicted octanol–water partition coefficient (Wildman–Crippen LogP) is 0.0371. The maximum atomic E-state index is 10.2. The molecule has 2 aromatic carbocycles. The molecule has 1 aliphatic heterocycles. The van der Waals surface area contributed by atoms with Crippen molar-refractivity contribution in [3.05, 3.63) is 48.7 Å². The lowest BCUT2D eigenvalue weighted by molar-refractivity contribution is -0.245. The SMILES string of the molecule is NC[C@H]1O[C@@H](n2cc(-c3ccc4ccccc4c3)nn2)[C@H](O)[C@@H](O)[C@@H]1O. The standard InChI is InChI=1S/C18H20N4O4/c19-8-14-15(23)16(24)17(25)18(26-14)22-9-13(20-21-22)12-6-5-10-3-1-2-4-11(10)7-12/h1-7,9,14-18,23-25H,8,19H2/t14-,15-,16+,17-,18-/m1/s1. The highest BCUT2D eigenvalue weighted by Gasteiger charge is 2.44. The molecule has 3 aromatic rings. The van der Waals surface area contributed by atoms with Gasteiger partial charge in [-0.05, 0) is 16.8 Å². The van der Waals surface area contributed by atoms with Crippen molar-refractivity contribution >= 4 is 10.8 Å². The molecule has 1 aromatic heterocycles. The Balaban J connectivity index is 1.64. The Morgan fingerprint density at radius 1 is 1.00 bits per heavy atom. The van der Waals surface area contributed by atoms with E-state index in [1.165, 1.54) is 4.68 Å². The van der Waals surface area contributed by atoms with Crippen LogP contribution in [-0.4, -0.2) is 61.3 Å². The Hall–Kier alpha value is -2.36. The molecule has 26 heavy (non-hydrogen) atoms. The van der Waals surface area contributed by atoms with E-state index in [1.807, 2.05) is 42.5 Å². The van der Waals surface area contributed by atoms with Crippen LogP contribution in [0.1, 0.15) is 6.23 Å². The molecule has 0 bridgehead atoms. The second-order valence-corrected chi connectivity index (χ2v) is 6.42. The molecule has 0 aliphatic carbocycles. The minimum Gasteiger partial charge on any atom is -0.388 e. The Kier molecular flexibility index (Phi) is 4.43. The summed E-state index contributed by atoms with van der Waals surface area (Å²) in [7, 11) is 0. The van der Waals surface area contributed by atoms with E-state index in [2.05, 4.69) is 10.3 Å². The number of aliphatic hydroxyl groups excluding tert-OH is 3. The van der Waals surface area contributed by atoms with Gasteiger partial charge in [0.05, 0.1) is 6.20 Å². The van der Waals surface area contributed by atoms with Crippen LogP contribution in [0.25, 0.3) is 22.0 Å². The van der Waals surface area contributed by atoms with Gasteiger partial charge in [0, 0.05) is 12.1 Å². The van der Waals surface area contributed by atoms with Gasteiger partial charge in [-0.25, -0.2) is 4.68 Å². The number of nitrogens with two attached hydrogens (primary N) is 1. The number of aromatic nitrogens is 3. The van der Waals surface area contributed by atoms with Gasteiger partial charge in [-0.2, -0.15) is 0 Å². The number of ether oxygens (including phenoxy) is 1. The van der Waals surface area contributed by atoms with E-state index in [9.17, 15) is 15.3 Å². The van der Waals surface area contributed by atoms with E-state index in [4.69, 9.17) is 10.5 Å². The quantitative estimate of drug-likeness (QED) is 0.522. The molecular weight excluding hydrogens is 336 g/mol. The predicted molar refractivity (Wildman–Crippen MR) is 93.9 cm³/mol. The topological polar surface area (TPSA) is 127 Å². The van der Waals surface area contributed by atoms with Crippen LogP contribution in [0.15, 0.2) is 48.7 Å². The summed E-state index contributed by atoms with van der Waals surface area (Å²) in [6.07, 6.45) is -4.13. The van der Waals surface area contributed by atoms with Crippen LogP contribution in [0, 0.1) is 0 Å². The minimum atomic E-state index is -1.38. The van der Waals surface area contributed by atoms with Crippen molar-refractivity contribution in [3.8, 4) is 11.3 Å². The summed E-state index contributed by atoms with van der Waals surface area (Å²) in [5.41, 5.74) is 7.05. The van der Waals surface area contributed by atoms with Crippen molar-refractivity contribution in [1.29, 1.82) is 0 Å². The van der Waals surface area contributed by atoms with E-state index < -0.39 is 30.6 Å². The molecule has 0 amide bonds. The van der Waals surface area contributed by atoms with Crippen LogP contribution >= 0.6 is 0 Å². The Labute approximate surface area is 149 Å². The fraction of sp³-hybridized carbons (Fsp3) is 0.333. The third-order valence-electron chi connectivity index (χ3n) is 4.74. The second-order valence-electron chi connectivity index (χ2n) is 6.42. The number of hydrogen-bond acceptors (Lipinski definition) is 7. The monoisotopic (exact) mass is 356 g/mol. The van der Waals surface area contributed by atoms with Gasteiger partial charge in [-0.1, -0.05) is 41.6 Å². The second kappa shape index (κ2) is 6.75. The Bertz CT molecular complexity index is 913. The first-order chi connectivity index (χ1) is 12.6. The van der Waals surface area contributed by atoms with E-state index >= 15 is 0 Å². The Morgan fingerprint density at radius 2 is 1.77 bits per heavy atom. The molecule has 0 unspecified atom stereocenters. The van der Waals surface area contributed by atoms with Crippen molar-refractivity contribution in [2.75, 3.05) is 6.54 Å². The summed E-state index contributed by atoms with van der Waals surface area (Å²) < 4.78 is 6.95. The van der Waals surface area contributed by atoms with Crippen molar-refractivity contribution in [2.24, 2.45) is 5.73 Å². The zero-order chi connectivity index (χ0) is 18.3. The van der Waals surface area contributed by atoms with E-state index in [-0.39, 0.29) is 6.54 Å². The molecule has 8 heteroatoms. The number of rotatable bonds is 3. The lowest BCUT2D eigenvalue weighted by atomic mass is 9.98. The van der Waals surface area contributed by atoms with Crippen molar-refractivity contribution in [1.82, 2.24) is 15.0 Å². The molecule has 5 N–H and O–H groups in total.